The van der Waals surface area contributed by atoms with Crippen LogP contribution in [0.1, 0.15) is 16.8 Å². The number of esters is 1. The van der Waals surface area contributed by atoms with E-state index in [4.69, 9.17) is 14.2 Å². The molecule has 1 aromatic carbocycles. The summed E-state index contributed by atoms with van der Waals surface area (Å²) in [6, 6.07) is 8.50. The van der Waals surface area contributed by atoms with E-state index in [0.29, 0.717) is 12.0 Å². The molecule has 1 amide bonds. The maximum atomic E-state index is 13.2. The van der Waals surface area contributed by atoms with Gasteiger partial charge >= 0.3 is 5.97 Å². The molecule has 3 saturated carbocycles. The normalized spacial score (nSPS) is 32.3. The van der Waals surface area contributed by atoms with Gasteiger partial charge in [-0.2, -0.15) is 0 Å². The summed E-state index contributed by atoms with van der Waals surface area (Å²) < 4.78 is 16.2. The van der Waals surface area contributed by atoms with Crippen LogP contribution < -0.4 is 0 Å². The molecule has 0 aromatic heterocycles. The zero-order chi connectivity index (χ0) is 20.1. The van der Waals surface area contributed by atoms with E-state index in [2.05, 4.69) is 0 Å². The van der Waals surface area contributed by atoms with E-state index in [9.17, 15) is 14.4 Å². The van der Waals surface area contributed by atoms with Gasteiger partial charge in [0.15, 0.2) is 5.78 Å². The maximum absolute atomic E-state index is 13.2. The summed E-state index contributed by atoms with van der Waals surface area (Å²) in [6.07, 6.45) is 3.98. The van der Waals surface area contributed by atoms with Gasteiger partial charge in [0.25, 0.3) is 5.91 Å². The Morgan fingerprint density at radius 3 is 2.39 bits per heavy atom. The zero-order valence-electron chi connectivity index (χ0n) is 16.0. The molecule has 4 aliphatic rings. The van der Waals surface area contributed by atoms with Crippen LogP contribution in [-0.2, 0) is 23.8 Å². The van der Waals surface area contributed by atoms with Crippen molar-refractivity contribution in [1.82, 2.24) is 4.90 Å². The largest absolute Gasteiger partial charge is 0.469 e. The molecule has 0 saturated heterocycles. The number of hydrogen-bond acceptors (Lipinski definition) is 6. The van der Waals surface area contributed by atoms with Crippen LogP contribution in [0.5, 0.6) is 0 Å². The van der Waals surface area contributed by atoms with Crippen LogP contribution in [0.15, 0.2) is 42.6 Å². The van der Waals surface area contributed by atoms with Crippen molar-refractivity contribution in [1.29, 1.82) is 0 Å². The highest BCUT2D eigenvalue weighted by Crippen LogP contribution is 2.57. The van der Waals surface area contributed by atoms with Gasteiger partial charge < -0.3 is 19.1 Å². The van der Waals surface area contributed by atoms with Crippen molar-refractivity contribution in [3.05, 3.63) is 48.2 Å². The topological polar surface area (TPSA) is 82.1 Å². The van der Waals surface area contributed by atoms with Gasteiger partial charge in [-0.25, -0.2) is 0 Å². The molecule has 2 bridgehead atoms. The molecular weight excluding hydrogens is 362 g/mol. The molecule has 1 aliphatic heterocycles. The summed E-state index contributed by atoms with van der Waals surface area (Å²) >= 11 is 0. The van der Waals surface area contributed by atoms with Crippen molar-refractivity contribution in [2.75, 3.05) is 21.3 Å². The van der Waals surface area contributed by atoms with E-state index in [1.165, 1.54) is 21.3 Å². The second kappa shape index (κ2) is 6.83. The van der Waals surface area contributed by atoms with Gasteiger partial charge in [0.05, 0.1) is 25.0 Å². The SMILES string of the molecule is COC(=O)C1C[C@@H]2C(=O)C(OC)(OC)[C@H]1[C@H]1[C@@H]2C=CN1C(=O)c1ccccc1. The molecule has 148 valence electrons. The minimum Gasteiger partial charge on any atom is -0.469 e. The van der Waals surface area contributed by atoms with Crippen LogP contribution in [0.3, 0.4) is 0 Å². The third-order valence-corrected chi connectivity index (χ3v) is 6.44. The summed E-state index contributed by atoms with van der Waals surface area (Å²) in [4.78, 5) is 40.5. The molecule has 0 spiro atoms. The Kier molecular flexibility index (Phi) is 4.59. The lowest BCUT2D eigenvalue weighted by Gasteiger charge is -2.57. The number of rotatable bonds is 4. The second-order valence-electron chi connectivity index (χ2n) is 7.43. The molecule has 28 heavy (non-hydrogen) atoms. The summed E-state index contributed by atoms with van der Waals surface area (Å²) in [5.41, 5.74) is 0.538. The first-order valence-electron chi connectivity index (χ1n) is 9.28. The molecule has 3 fully saturated rings. The van der Waals surface area contributed by atoms with Crippen LogP contribution in [0.25, 0.3) is 0 Å². The molecule has 1 aromatic rings. The van der Waals surface area contributed by atoms with E-state index in [1.807, 2.05) is 12.1 Å². The Morgan fingerprint density at radius 2 is 1.79 bits per heavy atom. The standard InChI is InChI=1S/C21H23NO6/c1-26-20(25)15-11-14-13-9-10-22(19(24)12-7-5-4-6-8-12)17(13)16(15)21(27-2,28-3)18(14)23/h4-10,13-17H,11H2,1-3H3/t13-,14+,15?,16-,17-/m1/s1. The maximum Gasteiger partial charge on any atom is 0.309 e. The van der Waals surface area contributed by atoms with Crippen LogP contribution in [0, 0.1) is 23.7 Å². The lowest BCUT2D eigenvalue weighted by Crippen LogP contribution is -2.71. The van der Waals surface area contributed by atoms with Gasteiger partial charge in [0.2, 0.25) is 5.79 Å². The summed E-state index contributed by atoms with van der Waals surface area (Å²) in [6.45, 7) is 0. The molecule has 1 unspecified atom stereocenters. The summed E-state index contributed by atoms with van der Waals surface area (Å²) in [5, 5.41) is 0. The molecule has 3 aliphatic carbocycles. The Hall–Kier alpha value is -2.51. The molecule has 0 radical (unpaired) electrons. The van der Waals surface area contributed by atoms with E-state index in [1.54, 1.807) is 35.4 Å². The van der Waals surface area contributed by atoms with Gasteiger partial charge in [0.1, 0.15) is 0 Å². The third-order valence-electron chi connectivity index (χ3n) is 6.44. The Bertz CT molecular complexity index is 831. The van der Waals surface area contributed by atoms with Crippen molar-refractivity contribution >= 4 is 17.7 Å². The van der Waals surface area contributed by atoms with Crippen LogP contribution in [0.2, 0.25) is 0 Å². The fourth-order valence-electron chi connectivity index (χ4n) is 5.27. The number of nitrogens with zero attached hydrogens (tertiary/aromatic N) is 1. The number of hydrogen-bond donors (Lipinski definition) is 0. The Balaban J connectivity index is 1.79. The van der Waals surface area contributed by atoms with E-state index < -0.39 is 35.6 Å². The Labute approximate surface area is 163 Å². The van der Waals surface area contributed by atoms with Gasteiger partial charge in [-0.1, -0.05) is 24.3 Å². The molecule has 5 atom stereocenters. The monoisotopic (exact) mass is 385 g/mol. The van der Waals surface area contributed by atoms with Crippen LogP contribution >= 0.6 is 0 Å². The summed E-state index contributed by atoms with van der Waals surface area (Å²) in [7, 11) is 4.12. The van der Waals surface area contributed by atoms with E-state index >= 15 is 0 Å². The van der Waals surface area contributed by atoms with Gasteiger partial charge in [-0.3, -0.25) is 14.4 Å². The number of carbonyl (C=O) groups is 3. The van der Waals surface area contributed by atoms with Crippen molar-refractivity contribution in [3.63, 3.8) is 0 Å². The molecule has 1 heterocycles. The first-order chi connectivity index (χ1) is 13.5. The molecule has 5 rings (SSSR count). The first kappa shape index (κ1) is 18.8. The van der Waals surface area contributed by atoms with Crippen molar-refractivity contribution in [3.8, 4) is 0 Å². The number of amides is 1. The average molecular weight is 385 g/mol. The predicted molar refractivity (Wildman–Crippen MR) is 97.9 cm³/mol. The lowest BCUT2D eigenvalue weighted by molar-refractivity contribution is -0.275. The van der Waals surface area contributed by atoms with Crippen LogP contribution in [-0.4, -0.2) is 55.7 Å². The smallest absolute Gasteiger partial charge is 0.309 e. The number of ether oxygens (including phenoxy) is 3. The third kappa shape index (κ3) is 2.39. The molecule has 7 heteroatoms. The predicted octanol–water partition coefficient (Wildman–Crippen LogP) is 1.64. The fraction of sp³-hybridized carbons (Fsp3) is 0.476. The quantitative estimate of drug-likeness (QED) is 0.579. The molecule has 7 nitrogen and oxygen atoms in total. The van der Waals surface area contributed by atoms with Gasteiger partial charge in [0, 0.05) is 37.8 Å². The van der Waals surface area contributed by atoms with Crippen molar-refractivity contribution in [2.24, 2.45) is 23.7 Å². The van der Waals surface area contributed by atoms with E-state index in [0.717, 1.165) is 0 Å². The molecular formula is C21H23NO6. The average Bonchev–Trinajstić information content (AvgIpc) is 3.19. The highest BCUT2D eigenvalue weighted by Gasteiger charge is 2.70. The number of benzene rings is 1. The van der Waals surface area contributed by atoms with Crippen molar-refractivity contribution < 1.29 is 28.6 Å². The zero-order valence-corrected chi connectivity index (χ0v) is 16.0. The number of carbonyl (C=O) groups excluding carboxylic acids is 3. The number of methoxy groups -OCH3 is 3. The molecule has 0 N–H and O–H groups in total. The lowest BCUT2D eigenvalue weighted by atomic mass is 9.54. The highest BCUT2D eigenvalue weighted by atomic mass is 16.7. The number of ketones is 1. The Morgan fingerprint density at radius 1 is 1.11 bits per heavy atom. The van der Waals surface area contributed by atoms with E-state index in [-0.39, 0.29) is 17.6 Å². The van der Waals surface area contributed by atoms with Crippen LogP contribution in [0.4, 0.5) is 0 Å². The number of fused-ring (bicyclic) bond motifs is 2. The minimum absolute atomic E-state index is 0.176. The van der Waals surface area contributed by atoms with Gasteiger partial charge in [-0.05, 0) is 18.6 Å². The van der Waals surface area contributed by atoms with Crippen molar-refractivity contribution in [2.45, 2.75) is 18.2 Å². The first-order valence-corrected chi connectivity index (χ1v) is 9.28. The minimum atomic E-state index is -1.58. The number of Topliss-reactive ketones (excluding diaryl/α,β-unsaturated/α-hetero) is 1. The van der Waals surface area contributed by atoms with Gasteiger partial charge in [-0.15, -0.1) is 0 Å². The second-order valence-corrected chi connectivity index (χ2v) is 7.43. The fourth-order valence-corrected chi connectivity index (χ4v) is 5.27. The highest BCUT2D eigenvalue weighted by molar-refractivity contribution is 5.97. The summed E-state index contributed by atoms with van der Waals surface area (Å²) in [5.74, 6) is -4.28.